The number of carbonyl (C=O) groups excluding carboxylic acids is 2. The van der Waals surface area contributed by atoms with Gasteiger partial charge in [-0.2, -0.15) is 0 Å². The number of hydrogen-bond donors (Lipinski definition) is 3. The van der Waals surface area contributed by atoms with E-state index < -0.39 is 0 Å². The summed E-state index contributed by atoms with van der Waals surface area (Å²) in [7, 11) is 0. The fourth-order valence-corrected chi connectivity index (χ4v) is 3.21. The summed E-state index contributed by atoms with van der Waals surface area (Å²) < 4.78 is 5.11. The minimum atomic E-state index is -0.319. The molecule has 0 saturated heterocycles. The number of nitrogens with zero attached hydrogens (tertiary/aromatic N) is 1. The van der Waals surface area contributed by atoms with Crippen LogP contribution in [0.4, 0.5) is 11.5 Å². The van der Waals surface area contributed by atoms with Crippen molar-refractivity contribution in [1.82, 2.24) is 10.5 Å². The van der Waals surface area contributed by atoms with Crippen molar-refractivity contribution in [3.05, 3.63) is 89.5 Å². The number of rotatable bonds is 6. The van der Waals surface area contributed by atoms with E-state index in [9.17, 15) is 9.59 Å². The van der Waals surface area contributed by atoms with Crippen LogP contribution in [0, 0.1) is 0 Å². The second kappa shape index (κ2) is 8.48. The fraction of sp³-hybridized carbons (Fsp3) is 0.0870. The molecule has 150 valence electrons. The first-order valence-electron chi connectivity index (χ1n) is 9.45. The molecule has 1 heterocycles. The lowest BCUT2D eigenvalue weighted by Crippen LogP contribution is -2.24. The lowest BCUT2D eigenvalue weighted by molar-refractivity contribution is -0.120. The van der Waals surface area contributed by atoms with Crippen molar-refractivity contribution < 1.29 is 14.1 Å². The van der Waals surface area contributed by atoms with Crippen LogP contribution in [0.15, 0.2) is 77.3 Å². The predicted molar refractivity (Wildman–Crippen MR) is 115 cm³/mol. The molecule has 30 heavy (non-hydrogen) atoms. The zero-order valence-corrected chi connectivity index (χ0v) is 16.1. The highest BCUT2D eigenvalue weighted by Crippen LogP contribution is 2.25. The molecule has 3 aromatic carbocycles. The second-order valence-corrected chi connectivity index (χ2v) is 6.84. The minimum absolute atomic E-state index is 0.0646. The summed E-state index contributed by atoms with van der Waals surface area (Å²) in [4.78, 5) is 24.9. The highest BCUT2D eigenvalue weighted by Gasteiger charge is 2.16. The molecule has 0 aliphatic rings. The van der Waals surface area contributed by atoms with Gasteiger partial charge < -0.3 is 20.9 Å². The van der Waals surface area contributed by atoms with Gasteiger partial charge in [0.05, 0.1) is 17.4 Å². The molecule has 0 bridgehead atoms. The van der Waals surface area contributed by atoms with Crippen LogP contribution < -0.4 is 16.4 Å². The maximum atomic E-state index is 12.8. The van der Waals surface area contributed by atoms with Crippen LogP contribution >= 0.6 is 0 Å². The van der Waals surface area contributed by atoms with Gasteiger partial charge in [-0.1, -0.05) is 53.7 Å². The van der Waals surface area contributed by atoms with E-state index in [1.54, 1.807) is 24.3 Å². The molecule has 0 spiro atoms. The Labute approximate surface area is 172 Å². The number of aromatic nitrogens is 1. The molecule has 0 aliphatic carbocycles. The third-order valence-electron chi connectivity index (χ3n) is 4.65. The fourth-order valence-electron chi connectivity index (χ4n) is 3.21. The Kier molecular flexibility index (Phi) is 5.43. The molecule has 4 aromatic rings. The first-order valence-corrected chi connectivity index (χ1v) is 9.45. The van der Waals surface area contributed by atoms with Gasteiger partial charge in [-0.25, -0.2) is 0 Å². The lowest BCUT2D eigenvalue weighted by atomic mass is 10.1. The van der Waals surface area contributed by atoms with Crippen LogP contribution in [0.2, 0.25) is 0 Å². The van der Waals surface area contributed by atoms with E-state index in [2.05, 4.69) is 15.8 Å². The van der Waals surface area contributed by atoms with Gasteiger partial charge in [0.25, 0.3) is 5.91 Å². The second-order valence-electron chi connectivity index (χ2n) is 6.84. The van der Waals surface area contributed by atoms with Crippen molar-refractivity contribution in [2.45, 2.75) is 13.0 Å². The standard InChI is InChI=1S/C23H20N4O3/c24-22-21-18(10-5-11-19(21)30-27-22)23(29)26-17-9-4-8-16(12-17)14-25-20(28)13-15-6-2-1-3-7-15/h1-12H,13-14H2,(H2,24,27)(H,25,28)(H,26,29). The average Bonchev–Trinajstić information content (AvgIpc) is 3.14. The zero-order chi connectivity index (χ0) is 20.9. The molecule has 7 nitrogen and oxygen atoms in total. The van der Waals surface area contributed by atoms with E-state index in [0.29, 0.717) is 35.2 Å². The smallest absolute Gasteiger partial charge is 0.256 e. The molecular weight excluding hydrogens is 380 g/mol. The SMILES string of the molecule is Nc1noc2cccc(C(=O)Nc3cccc(CNC(=O)Cc4ccccc4)c3)c12. The van der Waals surface area contributed by atoms with E-state index in [0.717, 1.165) is 11.1 Å². The number of amides is 2. The van der Waals surface area contributed by atoms with Crippen molar-refractivity contribution >= 4 is 34.3 Å². The van der Waals surface area contributed by atoms with E-state index in [4.69, 9.17) is 10.3 Å². The number of hydrogen-bond acceptors (Lipinski definition) is 5. The molecule has 0 fully saturated rings. The number of anilines is 2. The van der Waals surface area contributed by atoms with Crippen LogP contribution in [0.1, 0.15) is 21.5 Å². The van der Waals surface area contributed by atoms with Gasteiger partial charge in [-0.3, -0.25) is 9.59 Å². The third kappa shape index (κ3) is 4.30. The highest BCUT2D eigenvalue weighted by atomic mass is 16.5. The van der Waals surface area contributed by atoms with Crippen molar-refractivity contribution in [3.63, 3.8) is 0 Å². The van der Waals surface area contributed by atoms with Gasteiger partial charge >= 0.3 is 0 Å². The first-order chi connectivity index (χ1) is 14.6. The van der Waals surface area contributed by atoms with E-state index in [-0.39, 0.29) is 17.6 Å². The molecule has 2 amide bonds. The summed E-state index contributed by atoms with van der Waals surface area (Å²) in [6.45, 7) is 0.365. The van der Waals surface area contributed by atoms with Crippen molar-refractivity contribution in [3.8, 4) is 0 Å². The Balaban J connectivity index is 1.41. The van der Waals surface area contributed by atoms with E-state index in [1.165, 1.54) is 0 Å². The van der Waals surface area contributed by atoms with Crippen molar-refractivity contribution in [1.29, 1.82) is 0 Å². The van der Waals surface area contributed by atoms with Gasteiger partial charge in [-0.05, 0) is 35.4 Å². The number of nitrogen functional groups attached to an aromatic ring is 1. The Morgan fingerprint density at radius 3 is 2.53 bits per heavy atom. The Morgan fingerprint density at radius 1 is 0.933 bits per heavy atom. The van der Waals surface area contributed by atoms with Gasteiger partial charge in [0, 0.05) is 12.2 Å². The lowest BCUT2D eigenvalue weighted by Gasteiger charge is -2.09. The molecule has 0 aliphatic heterocycles. The van der Waals surface area contributed by atoms with Gasteiger partial charge in [0.1, 0.15) is 0 Å². The molecule has 7 heteroatoms. The van der Waals surface area contributed by atoms with Crippen LogP contribution in [0.25, 0.3) is 11.0 Å². The molecule has 0 saturated carbocycles. The van der Waals surface area contributed by atoms with E-state index in [1.807, 2.05) is 48.5 Å². The molecular formula is C23H20N4O3. The predicted octanol–water partition coefficient (Wildman–Crippen LogP) is 3.52. The normalized spacial score (nSPS) is 10.7. The van der Waals surface area contributed by atoms with Crippen molar-refractivity contribution in [2.24, 2.45) is 0 Å². The van der Waals surface area contributed by atoms with E-state index >= 15 is 0 Å². The van der Waals surface area contributed by atoms with Gasteiger partial charge in [0.15, 0.2) is 11.4 Å². The number of carbonyl (C=O) groups is 2. The maximum Gasteiger partial charge on any atom is 0.256 e. The van der Waals surface area contributed by atoms with Crippen LogP contribution in [0.3, 0.4) is 0 Å². The first kappa shape index (κ1) is 19.2. The van der Waals surface area contributed by atoms with Crippen LogP contribution in [-0.4, -0.2) is 17.0 Å². The Morgan fingerprint density at radius 2 is 1.70 bits per heavy atom. The minimum Gasteiger partial charge on any atom is -0.380 e. The van der Waals surface area contributed by atoms with Crippen LogP contribution in [-0.2, 0) is 17.8 Å². The topological polar surface area (TPSA) is 110 Å². The molecule has 4 N–H and O–H groups in total. The average molecular weight is 400 g/mol. The summed E-state index contributed by atoms with van der Waals surface area (Å²) in [5.41, 5.74) is 9.11. The monoisotopic (exact) mass is 400 g/mol. The van der Waals surface area contributed by atoms with Gasteiger partial charge in [0.2, 0.25) is 5.91 Å². The van der Waals surface area contributed by atoms with Crippen molar-refractivity contribution in [2.75, 3.05) is 11.1 Å². The quantitative estimate of drug-likeness (QED) is 0.459. The summed E-state index contributed by atoms with van der Waals surface area (Å²) in [5.74, 6) is -0.211. The largest absolute Gasteiger partial charge is 0.380 e. The molecule has 0 unspecified atom stereocenters. The molecule has 0 atom stereocenters. The number of fused-ring (bicyclic) bond motifs is 1. The summed E-state index contributed by atoms with van der Waals surface area (Å²) in [5, 5.41) is 9.96. The molecule has 0 radical (unpaired) electrons. The summed E-state index contributed by atoms with van der Waals surface area (Å²) in [6.07, 6.45) is 0.321. The van der Waals surface area contributed by atoms with Crippen LogP contribution in [0.5, 0.6) is 0 Å². The number of nitrogens with two attached hydrogens (primary N) is 1. The number of nitrogens with one attached hydrogen (secondary N) is 2. The Hall–Kier alpha value is -4.13. The number of benzene rings is 3. The summed E-state index contributed by atoms with van der Waals surface area (Å²) >= 11 is 0. The third-order valence-corrected chi connectivity index (χ3v) is 4.65. The maximum absolute atomic E-state index is 12.8. The molecule has 1 aromatic heterocycles. The molecule has 4 rings (SSSR count). The zero-order valence-electron chi connectivity index (χ0n) is 16.1. The summed E-state index contributed by atoms with van der Waals surface area (Å²) in [6, 6.07) is 21.9. The van der Waals surface area contributed by atoms with Gasteiger partial charge in [-0.15, -0.1) is 0 Å². The highest BCUT2D eigenvalue weighted by molar-refractivity contribution is 6.14. The Bertz CT molecular complexity index is 1200.